The zero-order valence-corrected chi connectivity index (χ0v) is 14.4. The van der Waals surface area contributed by atoms with Crippen LogP contribution in [-0.4, -0.2) is 42.7 Å². The molecule has 0 heterocycles. The molecule has 0 aliphatic carbocycles. The second-order valence-corrected chi connectivity index (χ2v) is 7.83. The average Bonchev–Trinajstić information content (AvgIpc) is 2.42. The van der Waals surface area contributed by atoms with Crippen LogP contribution in [0.4, 0.5) is 5.69 Å². The third-order valence-corrected chi connectivity index (χ3v) is 4.17. The summed E-state index contributed by atoms with van der Waals surface area (Å²) in [5, 5.41) is 20.1. The van der Waals surface area contributed by atoms with E-state index < -0.39 is 38.3 Å². The Bertz CT molecular complexity index is 710. The quantitative estimate of drug-likeness (QED) is 0.526. The summed E-state index contributed by atoms with van der Waals surface area (Å²) >= 11 is 0. The number of para-hydroxylation sites is 1. The number of benzene rings is 1. The standard InChI is InChI=1S/C14H20N2O7S/c1-14(2,3)23-8-11(13(17)18)15-24(21,22)9-10-6-4-5-7-12(10)16(19)20/h4-7,11,15H,8-9H2,1-3H3,(H,17,18)/t11-/m0/s1. The van der Waals surface area contributed by atoms with E-state index in [0.29, 0.717) is 0 Å². The number of nitro groups is 1. The van der Waals surface area contributed by atoms with E-state index in [9.17, 15) is 23.3 Å². The number of aliphatic carboxylic acids is 1. The number of nitrogens with zero attached hydrogens (tertiary/aromatic N) is 1. The maximum Gasteiger partial charge on any atom is 0.324 e. The predicted octanol–water partition coefficient (Wildman–Crippen LogP) is 1.28. The second kappa shape index (κ2) is 7.69. The number of rotatable bonds is 8. The molecule has 134 valence electrons. The van der Waals surface area contributed by atoms with Crippen molar-refractivity contribution in [1.29, 1.82) is 0 Å². The number of ether oxygens (including phenoxy) is 1. The molecule has 9 nitrogen and oxygen atoms in total. The van der Waals surface area contributed by atoms with Gasteiger partial charge in [-0.1, -0.05) is 18.2 Å². The first kappa shape index (κ1) is 20.0. The Labute approximate surface area is 139 Å². The molecular weight excluding hydrogens is 340 g/mol. The van der Waals surface area contributed by atoms with Gasteiger partial charge in [0, 0.05) is 11.6 Å². The molecule has 0 aliphatic heterocycles. The maximum absolute atomic E-state index is 12.2. The lowest BCUT2D eigenvalue weighted by molar-refractivity contribution is -0.385. The van der Waals surface area contributed by atoms with Crippen molar-refractivity contribution in [2.24, 2.45) is 0 Å². The molecule has 0 saturated heterocycles. The molecule has 0 fully saturated rings. The van der Waals surface area contributed by atoms with Crippen molar-refractivity contribution in [3.8, 4) is 0 Å². The maximum atomic E-state index is 12.2. The van der Waals surface area contributed by atoms with Crippen molar-refractivity contribution in [2.45, 2.75) is 38.2 Å². The van der Waals surface area contributed by atoms with Gasteiger partial charge in [0.1, 0.15) is 6.04 Å². The van der Waals surface area contributed by atoms with Crippen molar-refractivity contribution in [3.63, 3.8) is 0 Å². The fourth-order valence-corrected chi connectivity index (χ4v) is 3.10. The number of nitro benzene ring substituents is 1. The summed E-state index contributed by atoms with van der Waals surface area (Å²) < 4.78 is 31.6. The minimum atomic E-state index is -4.12. The Morgan fingerprint density at radius 2 is 1.96 bits per heavy atom. The minimum Gasteiger partial charge on any atom is -0.480 e. The van der Waals surface area contributed by atoms with Gasteiger partial charge in [0.15, 0.2) is 0 Å². The number of nitrogens with one attached hydrogen (secondary N) is 1. The fourth-order valence-electron chi connectivity index (χ4n) is 1.76. The first-order valence-corrected chi connectivity index (χ1v) is 8.65. The Kier molecular flexibility index (Phi) is 6.41. The van der Waals surface area contributed by atoms with Gasteiger partial charge in [-0.3, -0.25) is 14.9 Å². The monoisotopic (exact) mass is 360 g/mol. The third kappa shape index (κ3) is 6.60. The van der Waals surface area contributed by atoms with E-state index in [2.05, 4.69) is 0 Å². The van der Waals surface area contributed by atoms with E-state index in [1.54, 1.807) is 20.8 Å². The molecule has 0 bridgehead atoms. The van der Waals surface area contributed by atoms with Crippen molar-refractivity contribution >= 4 is 21.7 Å². The molecule has 1 aromatic rings. The average molecular weight is 360 g/mol. The summed E-state index contributed by atoms with van der Waals surface area (Å²) in [6.07, 6.45) is 0. The van der Waals surface area contributed by atoms with Gasteiger partial charge in [0.25, 0.3) is 5.69 Å². The van der Waals surface area contributed by atoms with Crippen LogP contribution in [0.2, 0.25) is 0 Å². The van der Waals surface area contributed by atoms with Crippen LogP contribution in [0.1, 0.15) is 26.3 Å². The highest BCUT2D eigenvalue weighted by molar-refractivity contribution is 7.88. The topological polar surface area (TPSA) is 136 Å². The van der Waals surface area contributed by atoms with Crippen LogP contribution in [0, 0.1) is 10.1 Å². The molecule has 0 spiro atoms. The van der Waals surface area contributed by atoms with Crippen LogP contribution in [0.5, 0.6) is 0 Å². The number of sulfonamides is 1. The van der Waals surface area contributed by atoms with Crippen LogP contribution >= 0.6 is 0 Å². The molecule has 0 aliphatic rings. The molecule has 1 rings (SSSR count). The highest BCUT2D eigenvalue weighted by atomic mass is 32.2. The van der Waals surface area contributed by atoms with E-state index in [0.717, 1.165) is 0 Å². The largest absolute Gasteiger partial charge is 0.480 e. The Morgan fingerprint density at radius 1 is 1.38 bits per heavy atom. The van der Waals surface area contributed by atoms with Gasteiger partial charge in [-0.05, 0) is 20.8 Å². The van der Waals surface area contributed by atoms with Crippen LogP contribution in [0.25, 0.3) is 0 Å². The Hall–Kier alpha value is -2.04. The smallest absolute Gasteiger partial charge is 0.324 e. The number of hydrogen-bond donors (Lipinski definition) is 2. The van der Waals surface area contributed by atoms with E-state index >= 15 is 0 Å². The van der Waals surface area contributed by atoms with Crippen molar-refractivity contribution in [1.82, 2.24) is 4.72 Å². The molecule has 0 unspecified atom stereocenters. The molecule has 10 heteroatoms. The normalized spacial score (nSPS) is 13.5. The van der Waals surface area contributed by atoms with Gasteiger partial charge in [0.2, 0.25) is 10.0 Å². The molecular formula is C14H20N2O7S. The van der Waals surface area contributed by atoms with Gasteiger partial charge < -0.3 is 9.84 Å². The lowest BCUT2D eigenvalue weighted by Crippen LogP contribution is -2.45. The molecule has 0 radical (unpaired) electrons. The van der Waals surface area contributed by atoms with Gasteiger partial charge >= 0.3 is 5.97 Å². The molecule has 0 aromatic heterocycles. The second-order valence-electron chi connectivity index (χ2n) is 6.08. The van der Waals surface area contributed by atoms with Gasteiger partial charge in [-0.2, -0.15) is 4.72 Å². The molecule has 0 saturated carbocycles. The fraction of sp³-hybridized carbons (Fsp3) is 0.500. The highest BCUT2D eigenvalue weighted by Crippen LogP contribution is 2.20. The van der Waals surface area contributed by atoms with Crippen LogP contribution in [0.15, 0.2) is 24.3 Å². The van der Waals surface area contributed by atoms with E-state index in [-0.39, 0.29) is 17.9 Å². The summed E-state index contributed by atoms with van der Waals surface area (Å²) in [6.45, 7) is 4.74. The summed E-state index contributed by atoms with van der Waals surface area (Å²) in [6, 6.07) is 3.88. The van der Waals surface area contributed by atoms with E-state index in [4.69, 9.17) is 9.84 Å². The van der Waals surface area contributed by atoms with Crippen LogP contribution < -0.4 is 4.72 Å². The molecule has 1 aromatic carbocycles. The number of carboxylic acids is 1. The lowest BCUT2D eigenvalue weighted by atomic mass is 10.2. The third-order valence-electron chi connectivity index (χ3n) is 2.84. The summed E-state index contributed by atoms with van der Waals surface area (Å²) in [5.74, 6) is -2.10. The summed E-state index contributed by atoms with van der Waals surface area (Å²) in [5.41, 5.74) is -1.02. The van der Waals surface area contributed by atoms with Gasteiger partial charge in [0.05, 0.1) is 22.9 Å². The zero-order chi connectivity index (χ0) is 18.5. The van der Waals surface area contributed by atoms with Crippen molar-refractivity contribution < 1.29 is 28.0 Å². The molecule has 24 heavy (non-hydrogen) atoms. The minimum absolute atomic E-state index is 0.0316. The zero-order valence-electron chi connectivity index (χ0n) is 13.6. The van der Waals surface area contributed by atoms with Gasteiger partial charge in [-0.25, -0.2) is 8.42 Å². The summed E-state index contributed by atoms with van der Waals surface area (Å²) in [7, 11) is -4.12. The van der Waals surface area contributed by atoms with Crippen molar-refractivity contribution in [2.75, 3.05) is 6.61 Å². The summed E-state index contributed by atoms with van der Waals surface area (Å²) in [4.78, 5) is 21.4. The Balaban J connectivity index is 2.91. The SMILES string of the molecule is CC(C)(C)OC[C@H](NS(=O)(=O)Cc1ccccc1[N+](=O)[O-])C(=O)O. The van der Waals surface area contributed by atoms with Gasteiger partial charge in [-0.15, -0.1) is 0 Å². The first-order chi connectivity index (χ1) is 10.9. The molecule has 0 amide bonds. The highest BCUT2D eigenvalue weighted by Gasteiger charge is 2.28. The van der Waals surface area contributed by atoms with Crippen LogP contribution in [0.3, 0.4) is 0 Å². The predicted molar refractivity (Wildman–Crippen MR) is 86.0 cm³/mol. The number of hydrogen-bond acceptors (Lipinski definition) is 6. The van der Waals surface area contributed by atoms with E-state index in [1.807, 2.05) is 4.72 Å². The Morgan fingerprint density at radius 3 is 2.46 bits per heavy atom. The van der Waals surface area contributed by atoms with E-state index in [1.165, 1.54) is 24.3 Å². The molecule has 1 atom stereocenters. The lowest BCUT2D eigenvalue weighted by Gasteiger charge is -2.23. The molecule has 2 N–H and O–H groups in total. The number of carbonyl (C=O) groups is 1. The first-order valence-electron chi connectivity index (χ1n) is 7.00. The van der Waals surface area contributed by atoms with Crippen molar-refractivity contribution in [3.05, 3.63) is 39.9 Å². The van der Waals surface area contributed by atoms with Crippen LogP contribution in [-0.2, 0) is 25.3 Å². The number of carboxylic acid groups (broad SMARTS) is 1.